The van der Waals surface area contributed by atoms with Gasteiger partial charge >= 0.3 is 0 Å². The molecule has 1 unspecified atom stereocenters. The SMILES string of the molecule is COSP(=S)(c1ccccc1)N1CCOCC1. The van der Waals surface area contributed by atoms with E-state index in [0.717, 1.165) is 26.3 Å². The summed E-state index contributed by atoms with van der Waals surface area (Å²) in [6.07, 6.45) is 0. The maximum absolute atomic E-state index is 5.91. The van der Waals surface area contributed by atoms with E-state index in [2.05, 4.69) is 16.8 Å². The van der Waals surface area contributed by atoms with E-state index in [1.807, 2.05) is 18.2 Å². The van der Waals surface area contributed by atoms with Crippen LogP contribution in [-0.2, 0) is 20.7 Å². The molecular formula is C11H16NO2PS2. The maximum Gasteiger partial charge on any atom is 0.123 e. The number of hydrogen-bond acceptors (Lipinski definition) is 4. The fourth-order valence-corrected chi connectivity index (χ4v) is 7.14. The van der Waals surface area contributed by atoms with E-state index in [1.54, 1.807) is 7.11 Å². The largest absolute Gasteiger partial charge is 0.379 e. The molecule has 2 rings (SSSR count). The molecule has 17 heavy (non-hydrogen) atoms. The van der Waals surface area contributed by atoms with Crippen molar-refractivity contribution in [3.8, 4) is 0 Å². The summed E-state index contributed by atoms with van der Waals surface area (Å²) in [4.78, 5) is 0. The molecule has 0 N–H and O–H groups in total. The summed E-state index contributed by atoms with van der Waals surface area (Å²) in [5.41, 5.74) is 0. The molecule has 0 bridgehead atoms. The van der Waals surface area contributed by atoms with Crippen molar-refractivity contribution in [3.63, 3.8) is 0 Å². The Morgan fingerprint density at radius 2 is 1.94 bits per heavy atom. The zero-order chi connectivity index (χ0) is 12.1. The van der Waals surface area contributed by atoms with Gasteiger partial charge in [0.1, 0.15) is 5.39 Å². The minimum Gasteiger partial charge on any atom is -0.379 e. The van der Waals surface area contributed by atoms with E-state index in [4.69, 9.17) is 20.7 Å². The minimum atomic E-state index is -1.87. The van der Waals surface area contributed by atoms with Crippen molar-refractivity contribution in [2.45, 2.75) is 0 Å². The molecule has 1 saturated heterocycles. The van der Waals surface area contributed by atoms with Crippen molar-refractivity contribution in [3.05, 3.63) is 30.3 Å². The van der Waals surface area contributed by atoms with Gasteiger partial charge in [-0.2, -0.15) is 0 Å². The Bertz CT molecular complexity index is 396. The second-order valence-electron chi connectivity index (χ2n) is 3.66. The fourth-order valence-electron chi connectivity index (χ4n) is 1.79. The van der Waals surface area contributed by atoms with Gasteiger partial charge < -0.3 is 8.92 Å². The number of nitrogens with zero attached hydrogens (tertiary/aromatic N) is 1. The lowest BCUT2D eigenvalue weighted by atomic mass is 10.4. The molecule has 94 valence electrons. The Labute approximate surface area is 111 Å². The monoisotopic (exact) mass is 289 g/mol. The van der Waals surface area contributed by atoms with Gasteiger partial charge in [0, 0.05) is 30.1 Å². The molecule has 1 aliphatic heterocycles. The average molecular weight is 289 g/mol. The highest BCUT2D eigenvalue weighted by Crippen LogP contribution is 2.60. The van der Waals surface area contributed by atoms with Gasteiger partial charge in [0.2, 0.25) is 0 Å². The van der Waals surface area contributed by atoms with Crippen molar-refractivity contribution >= 4 is 34.2 Å². The molecule has 1 atom stereocenters. The minimum absolute atomic E-state index is 0.759. The molecule has 1 aromatic rings. The van der Waals surface area contributed by atoms with Crippen LogP contribution in [0, 0.1) is 0 Å². The predicted octanol–water partition coefficient (Wildman–Crippen LogP) is 2.25. The van der Waals surface area contributed by atoms with E-state index in [9.17, 15) is 0 Å². The average Bonchev–Trinajstić information content (AvgIpc) is 2.41. The zero-order valence-electron chi connectivity index (χ0n) is 9.74. The molecule has 6 heteroatoms. The molecule has 0 aromatic heterocycles. The lowest BCUT2D eigenvalue weighted by Crippen LogP contribution is -2.35. The smallest absolute Gasteiger partial charge is 0.123 e. The van der Waals surface area contributed by atoms with Crippen molar-refractivity contribution in [1.82, 2.24) is 4.67 Å². The van der Waals surface area contributed by atoms with Crippen molar-refractivity contribution in [2.75, 3.05) is 33.4 Å². The Morgan fingerprint density at radius 3 is 2.53 bits per heavy atom. The van der Waals surface area contributed by atoms with Crippen LogP contribution >= 0.6 is 17.1 Å². The third kappa shape index (κ3) is 3.11. The molecule has 0 aliphatic carbocycles. The number of hydrogen-bond donors (Lipinski definition) is 0. The molecule has 1 aliphatic rings. The standard InChI is InChI=1S/C11H16NO2PS2/c1-13-17-15(16,11-5-3-2-4-6-11)12-7-9-14-10-8-12/h2-6H,7-10H2,1H3. The quantitative estimate of drug-likeness (QED) is 0.624. The van der Waals surface area contributed by atoms with E-state index >= 15 is 0 Å². The third-order valence-electron chi connectivity index (χ3n) is 2.62. The Kier molecular flexibility index (Phi) is 5.03. The number of morpholine rings is 1. The first-order valence-corrected chi connectivity index (χ1v) is 9.59. The second-order valence-corrected chi connectivity index (χ2v) is 10.6. The summed E-state index contributed by atoms with van der Waals surface area (Å²) < 4.78 is 13.0. The molecule has 1 fully saturated rings. The highest BCUT2D eigenvalue weighted by atomic mass is 32.9. The number of benzene rings is 1. The molecule has 0 spiro atoms. The molecular weight excluding hydrogens is 273 g/mol. The van der Waals surface area contributed by atoms with Crippen molar-refractivity contribution in [2.24, 2.45) is 0 Å². The molecule has 0 radical (unpaired) electrons. The van der Waals surface area contributed by atoms with E-state index < -0.39 is 5.39 Å². The second kappa shape index (κ2) is 6.32. The zero-order valence-corrected chi connectivity index (χ0v) is 12.3. The normalized spacial score (nSPS) is 21.0. The van der Waals surface area contributed by atoms with Crippen molar-refractivity contribution < 1.29 is 8.92 Å². The molecule has 3 nitrogen and oxygen atoms in total. The first-order chi connectivity index (χ1) is 8.27. The molecule has 1 aromatic carbocycles. The van der Waals surface area contributed by atoms with E-state index in [1.165, 1.54) is 17.0 Å². The van der Waals surface area contributed by atoms with Crippen LogP contribution in [0.3, 0.4) is 0 Å². The predicted molar refractivity (Wildman–Crippen MR) is 77.4 cm³/mol. The summed E-state index contributed by atoms with van der Waals surface area (Å²) in [6, 6.07) is 10.3. The molecule has 0 amide bonds. The van der Waals surface area contributed by atoms with Crippen LogP contribution in [0.1, 0.15) is 0 Å². The van der Waals surface area contributed by atoms with Crippen LogP contribution in [0.4, 0.5) is 0 Å². The van der Waals surface area contributed by atoms with Crippen LogP contribution in [0.5, 0.6) is 0 Å². The van der Waals surface area contributed by atoms with Crippen LogP contribution in [0.25, 0.3) is 0 Å². The van der Waals surface area contributed by atoms with Gasteiger partial charge in [-0.3, -0.25) is 4.67 Å². The lowest BCUT2D eigenvalue weighted by molar-refractivity contribution is 0.0757. The fraction of sp³-hybridized carbons (Fsp3) is 0.455. The van der Waals surface area contributed by atoms with Crippen LogP contribution < -0.4 is 5.30 Å². The van der Waals surface area contributed by atoms with Gasteiger partial charge in [-0.15, -0.1) is 0 Å². The highest BCUT2D eigenvalue weighted by Gasteiger charge is 2.30. The van der Waals surface area contributed by atoms with Gasteiger partial charge in [0.25, 0.3) is 0 Å². The topological polar surface area (TPSA) is 21.7 Å². The van der Waals surface area contributed by atoms with E-state index in [0.29, 0.717) is 0 Å². The van der Waals surface area contributed by atoms with Crippen LogP contribution in [0.2, 0.25) is 0 Å². The number of rotatable bonds is 4. The molecule has 0 saturated carbocycles. The molecule has 1 heterocycles. The maximum atomic E-state index is 5.91. The van der Waals surface area contributed by atoms with Crippen LogP contribution in [0.15, 0.2) is 30.3 Å². The summed E-state index contributed by atoms with van der Waals surface area (Å²) in [5, 5.41) is -0.668. The van der Waals surface area contributed by atoms with Gasteiger partial charge in [-0.25, -0.2) is 0 Å². The lowest BCUT2D eigenvalue weighted by Gasteiger charge is -2.36. The Hall–Kier alpha value is 0.1000. The number of ether oxygens (including phenoxy) is 1. The first-order valence-electron chi connectivity index (χ1n) is 5.48. The van der Waals surface area contributed by atoms with Crippen LogP contribution in [-0.4, -0.2) is 38.1 Å². The Morgan fingerprint density at radius 1 is 1.29 bits per heavy atom. The summed E-state index contributed by atoms with van der Waals surface area (Å²) in [5.74, 6) is 0. The highest BCUT2D eigenvalue weighted by molar-refractivity contribution is 8.70. The third-order valence-corrected chi connectivity index (χ3v) is 9.32. The van der Waals surface area contributed by atoms with Gasteiger partial charge in [0.15, 0.2) is 0 Å². The van der Waals surface area contributed by atoms with E-state index in [-0.39, 0.29) is 0 Å². The first kappa shape index (κ1) is 13.5. The summed E-state index contributed by atoms with van der Waals surface area (Å²) >= 11 is 7.34. The summed E-state index contributed by atoms with van der Waals surface area (Å²) in [6.45, 7) is 3.30. The Balaban J connectivity index is 2.28. The van der Waals surface area contributed by atoms with Gasteiger partial charge in [0.05, 0.1) is 20.3 Å². The van der Waals surface area contributed by atoms with Gasteiger partial charge in [-0.1, -0.05) is 42.1 Å². The van der Waals surface area contributed by atoms with Gasteiger partial charge in [-0.05, 0) is 0 Å². The summed E-state index contributed by atoms with van der Waals surface area (Å²) in [7, 11) is 1.69. The van der Waals surface area contributed by atoms with Crippen molar-refractivity contribution in [1.29, 1.82) is 0 Å².